The predicted molar refractivity (Wildman–Crippen MR) is 89.6 cm³/mol. The van der Waals surface area contributed by atoms with Crippen molar-refractivity contribution in [2.24, 2.45) is 11.7 Å². The molecular weight excluding hydrogens is 286 g/mol. The summed E-state index contributed by atoms with van der Waals surface area (Å²) < 4.78 is 4.23. The summed E-state index contributed by atoms with van der Waals surface area (Å²) in [5.74, 6) is 1.28. The van der Waals surface area contributed by atoms with Crippen LogP contribution in [0, 0.1) is 5.92 Å². The summed E-state index contributed by atoms with van der Waals surface area (Å²) in [5.41, 5.74) is 9.29. The van der Waals surface area contributed by atoms with E-state index in [9.17, 15) is 0 Å². The van der Waals surface area contributed by atoms with Crippen molar-refractivity contribution in [3.63, 3.8) is 0 Å². The Morgan fingerprint density at radius 2 is 2.00 bits per heavy atom. The SMILES string of the molecule is NC[C@H]1C[C@H](n2cc(-n3ncc4ccccc43)c(C3CC3)n2)C1. The Hall–Kier alpha value is -2.14. The van der Waals surface area contributed by atoms with E-state index in [4.69, 9.17) is 10.8 Å². The van der Waals surface area contributed by atoms with Crippen molar-refractivity contribution in [1.82, 2.24) is 19.6 Å². The Kier molecular flexibility index (Phi) is 2.85. The van der Waals surface area contributed by atoms with Gasteiger partial charge >= 0.3 is 0 Å². The van der Waals surface area contributed by atoms with Crippen LogP contribution in [0.1, 0.15) is 43.3 Å². The van der Waals surface area contributed by atoms with Gasteiger partial charge in [-0.25, -0.2) is 4.68 Å². The molecule has 0 atom stereocenters. The van der Waals surface area contributed by atoms with Crippen LogP contribution in [0.3, 0.4) is 0 Å². The van der Waals surface area contributed by atoms with E-state index in [0.717, 1.165) is 30.6 Å². The normalized spacial score (nSPS) is 24.0. The highest BCUT2D eigenvalue weighted by Crippen LogP contribution is 2.44. The van der Waals surface area contributed by atoms with Gasteiger partial charge in [0.1, 0.15) is 5.69 Å². The van der Waals surface area contributed by atoms with Crippen molar-refractivity contribution in [1.29, 1.82) is 0 Å². The molecule has 2 fully saturated rings. The van der Waals surface area contributed by atoms with Gasteiger partial charge < -0.3 is 5.73 Å². The summed E-state index contributed by atoms with van der Waals surface area (Å²) >= 11 is 0. The van der Waals surface area contributed by atoms with Gasteiger partial charge in [-0.1, -0.05) is 18.2 Å². The van der Waals surface area contributed by atoms with Gasteiger partial charge in [0.2, 0.25) is 0 Å². The molecule has 23 heavy (non-hydrogen) atoms. The fourth-order valence-electron chi connectivity index (χ4n) is 3.67. The molecule has 2 heterocycles. The van der Waals surface area contributed by atoms with Gasteiger partial charge in [-0.05, 0) is 44.2 Å². The molecule has 2 saturated carbocycles. The largest absolute Gasteiger partial charge is 0.330 e. The molecule has 1 aromatic carbocycles. The molecule has 0 radical (unpaired) electrons. The van der Waals surface area contributed by atoms with E-state index >= 15 is 0 Å². The minimum atomic E-state index is 0.511. The molecule has 0 aliphatic heterocycles. The highest BCUT2D eigenvalue weighted by Gasteiger charge is 2.34. The Bertz CT molecular complexity index is 851. The average molecular weight is 307 g/mol. The molecule has 2 aliphatic rings. The van der Waals surface area contributed by atoms with Crippen molar-refractivity contribution in [3.05, 3.63) is 42.4 Å². The lowest BCUT2D eigenvalue weighted by Crippen LogP contribution is -2.32. The van der Waals surface area contributed by atoms with E-state index in [1.54, 1.807) is 0 Å². The van der Waals surface area contributed by atoms with Gasteiger partial charge in [-0.15, -0.1) is 0 Å². The number of hydrogen-bond acceptors (Lipinski definition) is 3. The first-order chi connectivity index (χ1) is 11.3. The van der Waals surface area contributed by atoms with E-state index in [2.05, 4.69) is 44.9 Å². The first kappa shape index (κ1) is 13.3. The minimum Gasteiger partial charge on any atom is -0.330 e. The summed E-state index contributed by atoms with van der Waals surface area (Å²) in [4.78, 5) is 0. The summed E-state index contributed by atoms with van der Waals surface area (Å²) in [6.07, 6.45) is 8.95. The molecular formula is C18H21N5. The average Bonchev–Trinajstić information content (AvgIpc) is 3.15. The molecule has 0 bridgehead atoms. The maximum absolute atomic E-state index is 5.76. The fourth-order valence-corrected chi connectivity index (χ4v) is 3.67. The zero-order valence-electron chi connectivity index (χ0n) is 13.1. The molecule has 0 spiro atoms. The topological polar surface area (TPSA) is 61.7 Å². The predicted octanol–water partition coefficient (Wildman–Crippen LogP) is 3.01. The first-order valence-corrected chi connectivity index (χ1v) is 8.55. The van der Waals surface area contributed by atoms with Gasteiger partial charge in [0.15, 0.2) is 0 Å². The van der Waals surface area contributed by atoms with Crippen molar-refractivity contribution in [2.45, 2.75) is 37.6 Å². The van der Waals surface area contributed by atoms with Crippen molar-refractivity contribution in [2.75, 3.05) is 6.54 Å². The first-order valence-electron chi connectivity index (χ1n) is 8.55. The number of nitrogens with zero attached hydrogens (tertiary/aromatic N) is 4. The summed E-state index contributed by atoms with van der Waals surface area (Å²) in [7, 11) is 0. The van der Waals surface area contributed by atoms with Crippen LogP contribution in [-0.4, -0.2) is 26.1 Å². The number of benzene rings is 1. The third-order valence-corrected chi connectivity index (χ3v) is 5.33. The van der Waals surface area contributed by atoms with Crippen LogP contribution in [0.2, 0.25) is 0 Å². The molecule has 5 heteroatoms. The number of nitrogens with two attached hydrogens (primary N) is 1. The minimum absolute atomic E-state index is 0.511. The number of para-hydroxylation sites is 1. The third-order valence-electron chi connectivity index (χ3n) is 5.33. The van der Waals surface area contributed by atoms with Gasteiger partial charge in [0.05, 0.1) is 29.6 Å². The second-order valence-electron chi connectivity index (χ2n) is 7.00. The van der Waals surface area contributed by atoms with Crippen LogP contribution < -0.4 is 5.73 Å². The Labute approximate surface area is 135 Å². The zero-order chi connectivity index (χ0) is 15.4. The lowest BCUT2D eigenvalue weighted by molar-refractivity contribution is 0.189. The molecule has 0 saturated heterocycles. The van der Waals surface area contributed by atoms with E-state index in [-0.39, 0.29) is 0 Å². The van der Waals surface area contributed by atoms with Gasteiger partial charge in [0.25, 0.3) is 0 Å². The number of fused-ring (bicyclic) bond motifs is 1. The number of rotatable bonds is 4. The van der Waals surface area contributed by atoms with E-state index in [1.165, 1.54) is 23.9 Å². The van der Waals surface area contributed by atoms with Gasteiger partial charge in [-0.2, -0.15) is 10.2 Å². The fraction of sp³-hybridized carbons (Fsp3) is 0.444. The van der Waals surface area contributed by atoms with Crippen molar-refractivity contribution in [3.8, 4) is 5.69 Å². The molecule has 3 aromatic rings. The quantitative estimate of drug-likeness (QED) is 0.806. The van der Waals surface area contributed by atoms with Crippen LogP contribution in [-0.2, 0) is 0 Å². The monoisotopic (exact) mass is 307 g/mol. The molecule has 2 N–H and O–H groups in total. The van der Waals surface area contributed by atoms with E-state index < -0.39 is 0 Å². The summed E-state index contributed by atoms with van der Waals surface area (Å²) in [6, 6.07) is 8.87. The van der Waals surface area contributed by atoms with E-state index in [1.807, 2.05) is 6.20 Å². The molecule has 118 valence electrons. The summed E-state index contributed by atoms with van der Waals surface area (Å²) in [5, 5.41) is 10.7. The highest BCUT2D eigenvalue weighted by atomic mass is 15.4. The second kappa shape index (κ2) is 4.93. The van der Waals surface area contributed by atoms with Gasteiger partial charge in [-0.3, -0.25) is 4.68 Å². The second-order valence-corrected chi connectivity index (χ2v) is 7.00. The Balaban J connectivity index is 1.58. The molecule has 2 aliphatic carbocycles. The van der Waals surface area contributed by atoms with E-state index in [0.29, 0.717) is 17.9 Å². The van der Waals surface area contributed by atoms with Crippen molar-refractivity contribution < 1.29 is 0 Å². The van der Waals surface area contributed by atoms with Crippen LogP contribution in [0.5, 0.6) is 0 Å². The molecule has 0 amide bonds. The maximum Gasteiger partial charge on any atom is 0.107 e. The van der Waals surface area contributed by atoms with Crippen LogP contribution in [0.25, 0.3) is 16.6 Å². The summed E-state index contributed by atoms with van der Waals surface area (Å²) in [6.45, 7) is 0.796. The van der Waals surface area contributed by atoms with Gasteiger partial charge in [0, 0.05) is 11.3 Å². The molecule has 0 unspecified atom stereocenters. The molecule has 5 nitrogen and oxygen atoms in total. The molecule has 5 rings (SSSR count). The Morgan fingerprint density at radius 1 is 1.17 bits per heavy atom. The molecule has 2 aromatic heterocycles. The Morgan fingerprint density at radius 3 is 2.78 bits per heavy atom. The van der Waals surface area contributed by atoms with Crippen LogP contribution in [0.4, 0.5) is 0 Å². The standard InChI is InChI=1S/C18H21N5/c19-9-12-7-15(8-12)22-11-17(18(21-22)13-5-6-13)23-16-4-2-1-3-14(16)10-20-23/h1-4,10-13,15H,5-9,19H2/t12-,15-. The number of hydrogen-bond donors (Lipinski definition) is 1. The smallest absolute Gasteiger partial charge is 0.107 e. The zero-order valence-corrected chi connectivity index (χ0v) is 13.1. The highest BCUT2D eigenvalue weighted by molar-refractivity contribution is 5.80. The third kappa shape index (κ3) is 2.10. The number of aromatic nitrogens is 4. The van der Waals surface area contributed by atoms with Crippen LogP contribution >= 0.6 is 0 Å². The van der Waals surface area contributed by atoms with Crippen LogP contribution in [0.15, 0.2) is 36.7 Å². The maximum atomic E-state index is 5.76. The lowest BCUT2D eigenvalue weighted by atomic mass is 9.80. The van der Waals surface area contributed by atoms with Crippen molar-refractivity contribution >= 4 is 10.9 Å². The lowest BCUT2D eigenvalue weighted by Gasteiger charge is -2.34.